The quantitative estimate of drug-likeness (QED) is 0.513. The second kappa shape index (κ2) is 13.0. The van der Waals surface area contributed by atoms with Gasteiger partial charge in [0.1, 0.15) is 11.2 Å². The molecule has 1 saturated heterocycles. The molecule has 1 N–H and O–H groups in total. The predicted molar refractivity (Wildman–Crippen MR) is 135 cm³/mol. The minimum atomic E-state index is -0.459. The van der Waals surface area contributed by atoms with Gasteiger partial charge in [-0.3, -0.25) is 0 Å². The highest BCUT2D eigenvalue weighted by atomic mass is 16.6. The Bertz CT molecular complexity index is 610. The van der Waals surface area contributed by atoms with Gasteiger partial charge < -0.3 is 24.4 Å². The summed E-state index contributed by atoms with van der Waals surface area (Å²) < 4.78 is 10.9. The molecule has 1 unspecified atom stereocenters. The van der Waals surface area contributed by atoms with E-state index in [-0.39, 0.29) is 24.8 Å². The maximum absolute atomic E-state index is 12.7. The van der Waals surface area contributed by atoms with E-state index in [0.717, 1.165) is 38.5 Å². The van der Waals surface area contributed by atoms with Crippen molar-refractivity contribution < 1.29 is 24.2 Å². The Labute approximate surface area is 207 Å². The zero-order chi connectivity index (χ0) is 25.4. The molecule has 1 atom stereocenters. The van der Waals surface area contributed by atoms with E-state index in [1.165, 1.54) is 38.5 Å². The molecular formula is C27H50N2O5. The molecule has 7 nitrogen and oxygen atoms in total. The third kappa shape index (κ3) is 9.63. The number of carbonyl (C=O) groups is 2. The van der Waals surface area contributed by atoms with Crippen LogP contribution in [0, 0.1) is 0 Å². The summed E-state index contributed by atoms with van der Waals surface area (Å²) in [5, 5.41) is 9.03. The van der Waals surface area contributed by atoms with E-state index in [1.807, 2.05) is 41.5 Å². The summed E-state index contributed by atoms with van der Waals surface area (Å²) in [6, 6.07) is 0.785. The largest absolute Gasteiger partial charge is 0.444 e. The van der Waals surface area contributed by atoms with Crippen LogP contribution in [-0.4, -0.2) is 69.6 Å². The number of hydrogen-bond acceptors (Lipinski definition) is 5. The lowest BCUT2D eigenvalue weighted by molar-refractivity contribution is -0.00490. The van der Waals surface area contributed by atoms with Gasteiger partial charge in [0.2, 0.25) is 0 Å². The first-order chi connectivity index (χ1) is 15.9. The fourth-order valence-electron chi connectivity index (χ4n) is 5.22. The van der Waals surface area contributed by atoms with Gasteiger partial charge in [-0.2, -0.15) is 0 Å². The highest BCUT2D eigenvalue weighted by Crippen LogP contribution is 2.31. The average molecular weight is 483 g/mol. The Morgan fingerprint density at radius 1 is 0.765 bits per heavy atom. The lowest BCUT2D eigenvalue weighted by Gasteiger charge is -2.42. The molecule has 7 heteroatoms. The number of hydrogen-bond donors (Lipinski definition) is 1. The van der Waals surface area contributed by atoms with E-state index in [9.17, 15) is 9.59 Å². The van der Waals surface area contributed by atoms with Crippen molar-refractivity contribution in [2.75, 3.05) is 13.2 Å². The summed E-state index contributed by atoms with van der Waals surface area (Å²) >= 11 is 0. The molecule has 2 amide bonds. The number of aliphatic hydroxyl groups is 1. The SMILES string of the molecule is CC(C)(C)OC(=O)N(C1CCCCC1)C1CCCCC1.CC(C)(C)OC(=O)N1CCCC1CO. The fraction of sp³-hybridized carbons (Fsp3) is 0.926. The van der Waals surface area contributed by atoms with Crippen LogP contribution < -0.4 is 0 Å². The Hall–Kier alpha value is -1.50. The fourth-order valence-corrected chi connectivity index (χ4v) is 5.22. The van der Waals surface area contributed by atoms with Crippen molar-refractivity contribution in [3.05, 3.63) is 0 Å². The standard InChI is InChI=1S/C17H31NO2.C10H19NO3/c1-17(2,3)20-16(19)18(14-10-6-4-7-11-14)15-12-8-5-9-13-15;1-10(2,3)14-9(13)11-6-4-5-8(11)7-12/h14-15H,4-13H2,1-3H3;8,12H,4-7H2,1-3H3. The average Bonchev–Trinajstić information content (AvgIpc) is 3.23. The second-order valence-electron chi connectivity index (χ2n) is 12.1. The summed E-state index contributed by atoms with van der Waals surface area (Å²) in [5.41, 5.74) is -0.849. The molecule has 198 valence electrons. The molecule has 2 saturated carbocycles. The van der Waals surface area contributed by atoms with Crippen molar-refractivity contribution in [2.24, 2.45) is 0 Å². The van der Waals surface area contributed by atoms with Gasteiger partial charge in [-0.15, -0.1) is 0 Å². The molecule has 1 heterocycles. The Morgan fingerprint density at radius 3 is 1.65 bits per heavy atom. The van der Waals surface area contributed by atoms with Crippen LogP contribution in [0.3, 0.4) is 0 Å². The summed E-state index contributed by atoms with van der Waals surface area (Å²) in [7, 11) is 0. The molecule has 0 radical (unpaired) electrons. The number of nitrogens with zero attached hydrogens (tertiary/aromatic N) is 2. The smallest absolute Gasteiger partial charge is 0.410 e. The molecule has 0 aromatic heterocycles. The molecule has 3 aliphatic rings. The number of carbonyl (C=O) groups excluding carboxylic acids is 2. The lowest BCUT2D eigenvalue weighted by Crippen LogP contribution is -2.50. The van der Waals surface area contributed by atoms with Gasteiger partial charge >= 0.3 is 12.2 Å². The van der Waals surface area contributed by atoms with E-state index >= 15 is 0 Å². The van der Waals surface area contributed by atoms with E-state index in [2.05, 4.69) is 4.90 Å². The van der Waals surface area contributed by atoms with Crippen molar-refractivity contribution in [3.8, 4) is 0 Å². The second-order valence-corrected chi connectivity index (χ2v) is 12.1. The van der Waals surface area contributed by atoms with Crippen LogP contribution in [-0.2, 0) is 9.47 Å². The zero-order valence-electron chi connectivity index (χ0n) is 22.6. The van der Waals surface area contributed by atoms with Gasteiger partial charge in [0.15, 0.2) is 0 Å². The molecule has 3 rings (SSSR count). The molecule has 0 aromatic rings. The first-order valence-electron chi connectivity index (χ1n) is 13.5. The summed E-state index contributed by atoms with van der Waals surface area (Å²) in [4.78, 5) is 28.0. The number of ether oxygens (including phenoxy) is 2. The van der Waals surface area contributed by atoms with Gasteiger partial charge in [0, 0.05) is 18.6 Å². The molecular weight excluding hydrogens is 432 g/mol. The first-order valence-corrected chi connectivity index (χ1v) is 13.5. The van der Waals surface area contributed by atoms with Crippen LogP contribution in [0.25, 0.3) is 0 Å². The first kappa shape index (κ1) is 28.7. The van der Waals surface area contributed by atoms with Crippen LogP contribution in [0.2, 0.25) is 0 Å². The van der Waals surface area contributed by atoms with Crippen LogP contribution >= 0.6 is 0 Å². The number of likely N-dealkylation sites (tertiary alicyclic amines) is 1. The lowest BCUT2D eigenvalue weighted by atomic mass is 9.89. The van der Waals surface area contributed by atoms with Crippen molar-refractivity contribution in [3.63, 3.8) is 0 Å². The Morgan fingerprint density at radius 2 is 1.24 bits per heavy atom. The van der Waals surface area contributed by atoms with E-state index < -0.39 is 11.2 Å². The highest BCUT2D eigenvalue weighted by Gasteiger charge is 2.35. The maximum atomic E-state index is 12.7. The molecule has 3 fully saturated rings. The maximum Gasteiger partial charge on any atom is 0.410 e. The number of aliphatic hydroxyl groups excluding tert-OH is 1. The van der Waals surface area contributed by atoms with Crippen molar-refractivity contribution >= 4 is 12.2 Å². The van der Waals surface area contributed by atoms with E-state index in [1.54, 1.807) is 4.90 Å². The van der Waals surface area contributed by atoms with E-state index in [0.29, 0.717) is 18.6 Å². The van der Waals surface area contributed by atoms with Gasteiger partial charge in [0.25, 0.3) is 0 Å². The molecule has 0 spiro atoms. The van der Waals surface area contributed by atoms with Crippen molar-refractivity contribution in [1.29, 1.82) is 0 Å². The van der Waals surface area contributed by atoms with Crippen LogP contribution in [0.1, 0.15) is 119 Å². The molecule has 1 aliphatic heterocycles. The van der Waals surface area contributed by atoms with Crippen molar-refractivity contribution in [2.45, 2.75) is 148 Å². The zero-order valence-corrected chi connectivity index (χ0v) is 22.6. The van der Waals surface area contributed by atoms with Gasteiger partial charge in [-0.05, 0) is 80.1 Å². The van der Waals surface area contributed by atoms with Gasteiger partial charge in [-0.1, -0.05) is 38.5 Å². The topological polar surface area (TPSA) is 79.3 Å². The monoisotopic (exact) mass is 482 g/mol. The molecule has 2 aliphatic carbocycles. The number of rotatable bonds is 3. The molecule has 0 bridgehead atoms. The summed E-state index contributed by atoms with van der Waals surface area (Å²) in [6.45, 7) is 12.1. The molecule has 0 aromatic carbocycles. The van der Waals surface area contributed by atoms with Crippen molar-refractivity contribution in [1.82, 2.24) is 9.80 Å². The highest BCUT2D eigenvalue weighted by molar-refractivity contribution is 5.69. The minimum Gasteiger partial charge on any atom is -0.444 e. The number of amides is 2. The Balaban J connectivity index is 0.000000257. The van der Waals surface area contributed by atoms with Crippen LogP contribution in [0.4, 0.5) is 9.59 Å². The minimum absolute atomic E-state index is 0.0270. The van der Waals surface area contributed by atoms with Crippen LogP contribution in [0.5, 0.6) is 0 Å². The third-order valence-electron chi connectivity index (χ3n) is 6.76. The summed E-state index contributed by atoms with van der Waals surface area (Å²) in [5.74, 6) is 0. The third-order valence-corrected chi connectivity index (χ3v) is 6.76. The van der Waals surface area contributed by atoms with E-state index in [4.69, 9.17) is 14.6 Å². The van der Waals surface area contributed by atoms with Crippen LogP contribution in [0.15, 0.2) is 0 Å². The Kier molecular flexibility index (Phi) is 11.0. The van der Waals surface area contributed by atoms with Gasteiger partial charge in [-0.25, -0.2) is 9.59 Å². The normalized spacial score (nSPS) is 22.6. The van der Waals surface area contributed by atoms with Gasteiger partial charge in [0.05, 0.1) is 12.6 Å². The molecule has 34 heavy (non-hydrogen) atoms. The predicted octanol–water partition coefficient (Wildman–Crippen LogP) is 6.27. The summed E-state index contributed by atoms with van der Waals surface area (Å²) in [6.07, 6.45) is 13.8.